The van der Waals surface area contributed by atoms with Crippen molar-refractivity contribution < 1.29 is 0 Å². The lowest BCUT2D eigenvalue weighted by atomic mass is 10.2. The third kappa shape index (κ3) is 1.53. The van der Waals surface area contributed by atoms with E-state index < -0.39 is 0 Å². The highest BCUT2D eigenvalue weighted by atomic mass is 15.1. The summed E-state index contributed by atoms with van der Waals surface area (Å²) in [6, 6.07) is 3.96. The predicted molar refractivity (Wildman–Crippen MR) is 44.6 cm³/mol. The fraction of sp³-hybridized carbons (Fsp3) is 0.250. The molecule has 0 spiro atoms. The highest BCUT2D eigenvalue weighted by Gasteiger charge is 1.97. The van der Waals surface area contributed by atoms with Crippen molar-refractivity contribution in [3.05, 3.63) is 35.9 Å². The Morgan fingerprint density at radius 2 is 1.42 bits per heavy atom. The molecule has 2 heterocycles. The first-order valence-electron chi connectivity index (χ1n) is 3.92. The maximum absolute atomic E-state index is 4.05. The predicted octanol–water partition coefficient (Wildman–Crippen LogP) is 0.918. The Bertz CT molecular complexity index is 274. The van der Waals surface area contributed by atoms with Crippen LogP contribution in [0, 0.1) is 0 Å². The number of aromatic nitrogens is 4. The van der Waals surface area contributed by atoms with E-state index in [0.29, 0.717) is 0 Å². The zero-order chi connectivity index (χ0) is 8.23. The summed E-state index contributed by atoms with van der Waals surface area (Å²) in [5.74, 6) is 0. The third-order valence-electron chi connectivity index (χ3n) is 1.75. The topological polar surface area (TPSA) is 57.4 Å². The van der Waals surface area contributed by atoms with Gasteiger partial charge in [0.2, 0.25) is 0 Å². The van der Waals surface area contributed by atoms with Crippen LogP contribution in [0.15, 0.2) is 24.5 Å². The van der Waals surface area contributed by atoms with Crippen LogP contribution >= 0.6 is 0 Å². The van der Waals surface area contributed by atoms with Crippen molar-refractivity contribution in [3.8, 4) is 0 Å². The third-order valence-corrected chi connectivity index (χ3v) is 1.75. The van der Waals surface area contributed by atoms with Gasteiger partial charge in [-0.15, -0.1) is 0 Å². The van der Waals surface area contributed by atoms with Crippen molar-refractivity contribution in [1.29, 1.82) is 0 Å². The molecule has 4 nitrogen and oxygen atoms in total. The zero-order valence-corrected chi connectivity index (χ0v) is 6.62. The molecule has 0 fully saturated rings. The Morgan fingerprint density at radius 3 is 1.75 bits per heavy atom. The molecular formula is C8H10N4. The van der Waals surface area contributed by atoms with Gasteiger partial charge in [-0.25, -0.2) is 0 Å². The van der Waals surface area contributed by atoms with E-state index in [1.165, 1.54) is 0 Å². The molecular weight excluding hydrogens is 152 g/mol. The Labute approximate surface area is 70.0 Å². The van der Waals surface area contributed by atoms with Crippen LogP contribution in [0.25, 0.3) is 0 Å². The maximum Gasteiger partial charge on any atom is 0.0625 e. The first kappa shape index (κ1) is 7.09. The van der Waals surface area contributed by atoms with Gasteiger partial charge in [0, 0.05) is 12.4 Å². The number of H-pyrrole nitrogens is 2. The zero-order valence-electron chi connectivity index (χ0n) is 6.62. The number of aromatic amines is 2. The van der Waals surface area contributed by atoms with Gasteiger partial charge in [0.1, 0.15) is 0 Å². The number of nitrogens with zero attached hydrogens (tertiary/aromatic N) is 2. The van der Waals surface area contributed by atoms with Gasteiger partial charge >= 0.3 is 0 Å². The summed E-state index contributed by atoms with van der Waals surface area (Å²) in [5.41, 5.74) is 2.16. The molecule has 0 unspecified atom stereocenters. The molecule has 2 aromatic rings. The lowest BCUT2D eigenvalue weighted by molar-refractivity contribution is 0.855. The molecule has 0 aromatic carbocycles. The van der Waals surface area contributed by atoms with Crippen LogP contribution in [0.3, 0.4) is 0 Å². The molecule has 2 aromatic heterocycles. The summed E-state index contributed by atoms with van der Waals surface area (Å²) >= 11 is 0. The van der Waals surface area contributed by atoms with E-state index in [9.17, 15) is 0 Å². The molecule has 0 saturated heterocycles. The molecule has 2 rings (SSSR count). The van der Waals surface area contributed by atoms with Gasteiger partial charge in [-0.2, -0.15) is 10.2 Å². The van der Waals surface area contributed by atoms with Crippen molar-refractivity contribution in [3.63, 3.8) is 0 Å². The van der Waals surface area contributed by atoms with Gasteiger partial charge in [0.05, 0.1) is 11.4 Å². The van der Waals surface area contributed by atoms with Crippen LogP contribution in [-0.4, -0.2) is 20.4 Å². The fourth-order valence-corrected chi connectivity index (χ4v) is 1.12. The fourth-order valence-electron chi connectivity index (χ4n) is 1.12. The van der Waals surface area contributed by atoms with Crippen LogP contribution in [0.5, 0.6) is 0 Å². The second-order valence-electron chi connectivity index (χ2n) is 2.63. The second-order valence-corrected chi connectivity index (χ2v) is 2.63. The summed E-state index contributed by atoms with van der Waals surface area (Å²) < 4.78 is 0. The minimum Gasteiger partial charge on any atom is -0.285 e. The normalized spacial score (nSPS) is 10.3. The molecule has 12 heavy (non-hydrogen) atoms. The number of nitrogens with one attached hydrogen (secondary N) is 2. The summed E-state index contributed by atoms with van der Waals surface area (Å²) in [5, 5.41) is 13.7. The molecule has 0 aliphatic rings. The average Bonchev–Trinajstić information content (AvgIpc) is 2.74. The van der Waals surface area contributed by atoms with Gasteiger partial charge in [0.25, 0.3) is 0 Å². The number of hydrogen-bond donors (Lipinski definition) is 2. The minimum absolute atomic E-state index is 0.939. The molecule has 0 bridgehead atoms. The maximum atomic E-state index is 4.05. The summed E-state index contributed by atoms with van der Waals surface area (Å²) in [7, 11) is 0. The van der Waals surface area contributed by atoms with E-state index in [1.54, 1.807) is 0 Å². The SMILES string of the molecule is c1cc(CCc2cc[nH]n2)n[nH]1. The average molecular weight is 162 g/mol. The van der Waals surface area contributed by atoms with E-state index in [0.717, 1.165) is 24.2 Å². The van der Waals surface area contributed by atoms with Gasteiger partial charge < -0.3 is 0 Å². The second kappa shape index (κ2) is 3.21. The molecule has 0 atom stereocenters. The molecule has 2 N–H and O–H groups in total. The van der Waals surface area contributed by atoms with Crippen molar-refractivity contribution in [2.45, 2.75) is 12.8 Å². The van der Waals surface area contributed by atoms with Crippen LogP contribution in [0.1, 0.15) is 11.4 Å². The number of hydrogen-bond acceptors (Lipinski definition) is 2. The largest absolute Gasteiger partial charge is 0.285 e. The van der Waals surface area contributed by atoms with Crippen LogP contribution < -0.4 is 0 Å². The Morgan fingerprint density at radius 1 is 0.917 bits per heavy atom. The number of aryl methyl sites for hydroxylation is 2. The van der Waals surface area contributed by atoms with Gasteiger partial charge in [-0.3, -0.25) is 10.2 Å². The van der Waals surface area contributed by atoms with Crippen molar-refractivity contribution in [2.75, 3.05) is 0 Å². The molecule has 62 valence electrons. The van der Waals surface area contributed by atoms with E-state index in [2.05, 4.69) is 20.4 Å². The Kier molecular flexibility index (Phi) is 1.90. The molecule has 0 aliphatic carbocycles. The van der Waals surface area contributed by atoms with Crippen molar-refractivity contribution in [1.82, 2.24) is 20.4 Å². The van der Waals surface area contributed by atoms with Crippen molar-refractivity contribution >= 4 is 0 Å². The van der Waals surface area contributed by atoms with Crippen LogP contribution in [0.2, 0.25) is 0 Å². The molecule has 0 aliphatic heterocycles. The van der Waals surface area contributed by atoms with Crippen LogP contribution in [-0.2, 0) is 12.8 Å². The summed E-state index contributed by atoms with van der Waals surface area (Å²) in [4.78, 5) is 0. The lowest BCUT2D eigenvalue weighted by Gasteiger charge is -1.91. The van der Waals surface area contributed by atoms with Crippen molar-refractivity contribution in [2.24, 2.45) is 0 Å². The van der Waals surface area contributed by atoms with Gasteiger partial charge in [-0.05, 0) is 25.0 Å². The smallest absolute Gasteiger partial charge is 0.0625 e. The molecule has 4 heteroatoms. The number of rotatable bonds is 3. The van der Waals surface area contributed by atoms with Crippen LogP contribution in [0.4, 0.5) is 0 Å². The monoisotopic (exact) mass is 162 g/mol. The highest BCUT2D eigenvalue weighted by molar-refractivity contribution is 5.04. The minimum atomic E-state index is 0.939. The lowest BCUT2D eigenvalue weighted by Crippen LogP contribution is -1.91. The first-order chi connectivity index (χ1) is 5.95. The van der Waals surface area contributed by atoms with Gasteiger partial charge in [-0.1, -0.05) is 0 Å². The Hall–Kier alpha value is -1.58. The molecule has 0 radical (unpaired) electrons. The van der Waals surface area contributed by atoms with Gasteiger partial charge in [0.15, 0.2) is 0 Å². The molecule has 0 amide bonds. The molecule has 0 saturated carbocycles. The quantitative estimate of drug-likeness (QED) is 0.705. The summed E-state index contributed by atoms with van der Waals surface area (Å²) in [6.45, 7) is 0. The summed E-state index contributed by atoms with van der Waals surface area (Å²) in [6.07, 6.45) is 5.54. The van der Waals surface area contributed by atoms with E-state index >= 15 is 0 Å². The first-order valence-corrected chi connectivity index (χ1v) is 3.92. The van der Waals surface area contributed by atoms with E-state index in [1.807, 2.05) is 24.5 Å². The van der Waals surface area contributed by atoms with E-state index in [4.69, 9.17) is 0 Å². The Balaban J connectivity index is 1.91. The standard InChI is InChI=1S/C8H10N4/c1(7-3-5-9-11-7)2-8-4-6-10-12-8/h3-6H,1-2H2,(H,9,11)(H,10,12). The van der Waals surface area contributed by atoms with E-state index in [-0.39, 0.29) is 0 Å². The highest BCUT2D eigenvalue weighted by Crippen LogP contribution is 2.00.